The molecule has 21 heavy (non-hydrogen) atoms. The summed E-state index contributed by atoms with van der Waals surface area (Å²) in [6.45, 7) is 4.00. The van der Waals surface area contributed by atoms with Gasteiger partial charge in [-0.2, -0.15) is 9.97 Å². The number of fused-ring (bicyclic) bond motifs is 1. The number of anilines is 1. The molecule has 2 aromatic heterocycles. The maximum atomic E-state index is 9.24. The van der Waals surface area contributed by atoms with Crippen LogP contribution >= 0.6 is 0 Å². The number of nitrogens with zero attached hydrogens (tertiary/aromatic N) is 4. The molecule has 0 saturated heterocycles. The SMILES string of the molecule is CC(C)Oc1nc(N)nc2c1ncn2C1C=CC(CO)C1. The lowest BCUT2D eigenvalue weighted by atomic mass is 10.1. The van der Waals surface area contributed by atoms with Crippen LogP contribution in [0.25, 0.3) is 11.2 Å². The van der Waals surface area contributed by atoms with Gasteiger partial charge in [-0.25, -0.2) is 4.98 Å². The predicted molar refractivity (Wildman–Crippen MR) is 78.9 cm³/mol. The van der Waals surface area contributed by atoms with E-state index in [4.69, 9.17) is 10.5 Å². The minimum Gasteiger partial charge on any atom is -0.473 e. The Hall–Kier alpha value is -2.15. The van der Waals surface area contributed by atoms with Gasteiger partial charge in [-0.1, -0.05) is 12.2 Å². The molecular formula is C14H19N5O2. The number of imidazole rings is 1. The number of nitrogen functional groups attached to an aromatic ring is 1. The summed E-state index contributed by atoms with van der Waals surface area (Å²) in [6.07, 6.45) is 6.61. The molecule has 1 aliphatic carbocycles. The van der Waals surface area contributed by atoms with E-state index in [0.29, 0.717) is 17.0 Å². The van der Waals surface area contributed by atoms with Crippen LogP contribution in [0.3, 0.4) is 0 Å². The molecule has 3 N–H and O–H groups in total. The summed E-state index contributed by atoms with van der Waals surface area (Å²) in [5, 5.41) is 9.24. The van der Waals surface area contributed by atoms with Crippen LogP contribution in [-0.2, 0) is 0 Å². The van der Waals surface area contributed by atoms with Crippen LogP contribution in [0.1, 0.15) is 26.3 Å². The van der Waals surface area contributed by atoms with Gasteiger partial charge >= 0.3 is 0 Å². The molecule has 0 fully saturated rings. The van der Waals surface area contributed by atoms with Crippen LogP contribution in [0.15, 0.2) is 18.5 Å². The van der Waals surface area contributed by atoms with Gasteiger partial charge in [0.25, 0.3) is 0 Å². The normalized spacial score (nSPS) is 21.5. The maximum absolute atomic E-state index is 9.24. The summed E-state index contributed by atoms with van der Waals surface area (Å²) in [4.78, 5) is 12.8. The Morgan fingerprint density at radius 2 is 2.24 bits per heavy atom. The maximum Gasteiger partial charge on any atom is 0.247 e. The topological polar surface area (TPSA) is 99.1 Å². The van der Waals surface area contributed by atoms with Crippen LogP contribution in [0.5, 0.6) is 5.88 Å². The van der Waals surface area contributed by atoms with Crippen LogP contribution in [0.2, 0.25) is 0 Å². The van der Waals surface area contributed by atoms with Crippen molar-refractivity contribution in [2.45, 2.75) is 32.4 Å². The highest BCUT2D eigenvalue weighted by atomic mass is 16.5. The lowest BCUT2D eigenvalue weighted by molar-refractivity contribution is 0.235. The van der Waals surface area contributed by atoms with Crippen molar-refractivity contribution in [3.8, 4) is 5.88 Å². The Labute approximate surface area is 122 Å². The second-order valence-electron chi connectivity index (χ2n) is 5.51. The highest BCUT2D eigenvalue weighted by molar-refractivity contribution is 5.77. The van der Waals surface area contributed by atoms with E-state index in [2.05, 4.69) is 21.0 Å². The Balaban J connectivity index is 2.02. The van der Waals surface area contributed by atoms with Gasteiger partial charge < -0.3 is 20.1 Å². The Kier molecular flexibility index (Phi) is 3.50. The van der Waals surface area contributed by atoms with Crippen LogP contribution in [0.4, 0.5) is 5.95 Å². The standard InChI is InChI=1S/C14H19N5O2/c1-8(2)21-13-11-12(17-14(15)18-13)19(7-16-11)10-4-3-9(5-10)6-20/h3-4,7-10,20H,5-6H2,1-2H3,(H2,15,17,18). The highest BCUT2D eigenvalue weighted by Crippen LogP contribution is 2.31. The van der Waals surface area contributed by atoms with E-state index in [1.165, 1.54) is 0 Å². The lowest BCUT2D eigenvalue weighted by Crippen LogP contribution is -2.11. The van der Waals surface area contributed by atoms with Crippen molar-refractivity contribution in [3.05, 3.63) is 18.5 Å². The van der Waals surface area contributed by atoms with Gasteiger partial charge in [-0.3, -0.25) is 0 Å². The molecule has 0 amide bonds. The van der Waals surface area contributed by atoms with Crippen molar-refractivity contribution in [1.29, 1.82) is 0 Å². The second-order valence-corrected chi connectivity index (χ2v) is 5.51. The smallest absolute Gasteiger partial charge is 0.247 e. The number of aliphatic hydroxyl groups excluding tert-OH is 1. The van der Waals surface area contributed by atoms with Crippen molar-refractivity contribution in [3.63, 3.8) is 0 Å². The first-order valence-corrected chi connectivity index (χ1v) is 7.04. The van der Waals surface area contributed by atoms with Gasteiger partial charge in [0.2, 0.25) is 11.8 Å². The number of rotatable bonds is 4. The third kappa shape index (κ3) is 2.56. The fourth-order valence-electron chi connectivity index (χ4n) is 2.55. The molecular weight excluding hydrogens is 270 g/mol. The zero-order valence-electron chi connectivity index (χ0n) is 12.1. The summed E-state index contributed by atoms with van der Waals surface area (Å²) >= 11 is 0. The summed E-state index contributed by atoms with van der Waals surface area (Å²) in [6, 6.07) is 0.119. The van der Waals surface area contributed by atoms with Gasteiger partial charge in [0.1, 0.15) is 0 Å². The first-order chi connectivity index (χ1) is 10.1. The molecule has 1 aliphatic rings. The molecule has 112 valence electrons. The Morgan fingerprint density at radius 3 is 2.90 bits per heavy atom. The Bertz CT molecular complexity index is 679. The number of hydrogen-bond acceptors (Lipinski definition) is 6. The highest BCUT2D eigenvalue weighted by Gasteiger charge is 2.23. The molecule has 0 saturated carbocycles. The number of aromatic nitrogens is 4. The zero-order chi connectivity index (χ0) is 15.0. The van der Waals surface area contributed by atoms with Crippen LogP contribution in [0, 0.1) is 5.92 Å². The predicted octanol–water partition coefficient (Wildman–Crippen LogP) is 1.31. The third-order valence-electron chi connectivity index (χ3n) is 3.50. The van der Waals surface area contributed by atoms with E-state index in [-0.39, 0.29) is 30.6 Å². The molecule has 7 heteroatoms. The van der Waals surface area contributed by atoms with Crippen molar-refractivity contribution in [2.75, 3.05) is 12.3 Å². The van der Waals surface area contributed by atoms with Gasteiger partial charge in [0.15, 0.2) is 11.2 Å². The van der Waals surface area contributed by atoms with Crippen molar-refractivity contribution in [2.24, 2.45) is 5.92 Å². The quantitative estimate of drug-likeness (QED) is 0.823. The molecule has 0 radical (unpaired) electrons. The second kappa shape index (κ2) is 5.33. The Morgan fingerprint density at radius 1 is 1.43 bits per heavy atom. The van der Waals surface area contributed by atoms with Gasteiger partial charge in [0, 0.05) is 12.5 Å². The molecule has 3 rings (SSSR count). The summed E-state index contributed by atoms with van der Waals surface area (Å²) in [7, 11) is 0. The van der Waals surface area contributed by atoms with E-state index in [9.17, 15) is 5.11 Å². The van der Waals surface area contributed by atoms with Gasteiger partial charge in [0.05, 0.1) is 18.5 Å². The van der Waals surface area contributed by atoms with Crippen molar-refractivity contribution in [1.82, 2.24) is 19.5 Å². The van der Waals surface area contributed by atoms with E-state index < -0.39 is 0 Å². The van der Waals surface area contributed by atoms with E-state index in [0.717, 1.165) is 6.42 Å². The molecule has 2 heterocycles. The monoisotopic (exact) mass is 289 g/mol. The fraction of sp³-hybridized carbons (Fsp3) is 0.500. The number of hydrogen-bond donors (Lipinski definition) is 2. The van der Waals surface area contributed by atoms with Crippen LogP contribution < -0.4 is 10.5 Å². The number of allylic oxidation sites excluding steroid dienone is 1. The summed E-state index contributed by atoms with van der Waals surface area (Å²) in [5.41, 5.74) is 7.05. The molecule has 0 spiro atoms. The molecule has 7 nitrogen and oxygen atoms in total. The largest absolute Gasteiger partial charge is 0.473 e. The minimum atomic E-state index is -0.0159. The molecule has 2 unspecified atom stereocenters. The van der Waals surface area contributed by atoms with Gasteiger partial charge in [-0.15, -0.1) is 0 Å². The van der Waals surface area contributed by atoms with E-state index >= 15 is 0 Å². The summed E-state index contributed by atoms with van der Waals surface area (Å²) in [5.74, 6) is 0.755. The molecule has 2 atom stereocenters. The van der Waals surface area contributed by atoms with Crippen LogP contribution in [-0.4, -0.2) is 37.3 Å². The lowest BCUT2D eigenvalue weighted by Gasteiger charge is -2.13. The first kappa shape index (κ1) is 13.8. The zero-order valence-corrected chi connectivity index (χ0v) is 12.1. The fourth-order valence-corrected chi connectivity index (χ4v) is 2.55. The van der Waals surface area contributed by atoms with E-state index in [1.54, 1.807) is 6.33 Å². The molecule has 0 bridgehead atoms. The average molecular weight is 289 g/mol. The molecule has 2 aromatic rings. The average Bonchev–Trinajstić information content (AvgIpc) is 3.03. The number of nitrogens with two attached hydrogens (primary N) is 1. The minimum absolute atomic E-state index is 0.0159. The van der Waals surface area contributed by atoms with Crippen molar-refractivity contribution >= 4 is 17.1 Å². The van der Waals surface area contributed by atoms with E-state index in [1.807, 2.05) is 24.5 Å². The molecule has 0 aromatic carbocycles. The summed E-state index contributed by atoms with van der Waals surface area (Å²) < 4.78 is 7.61. The number of aliphatic hydroxyl groups is 1. The number of ether oxygens (including phenoxy) is 1. The first-order valence-electron chi connectivity index (χ1n) is 7.04. The van der Waals surface area contributed by atoms with Crippen molar-refractivity contribution < 1.29 is 9.84 Å². The van der Waals surface area contributed by atoms with Gasteiger partial charge in [-0.05, 0) is 20.3 Å². The molecule has 0 aliphatic heterocycles. The third-order valence-corrected chi connectivity index (χ3v) is 3.50.